The highest BCUT2D eigenvalue weighted by molar-refractivity contribution is 6.01. The maximum atomic E-state index is 12.8. The van der Waals surface area contributed by atoms with Crippen LogP contribution in [0.1, 0.15) is 41.5 Å². The molecule has 2 heterocycles. The van der Waals surface area contributed by atoms with Crippen LogP contribution < -0.4 is 0 Å². The van der Waals surface area contributed by atoms with Gasteiger partial charge >= 0.3 is 12.1 Å². The third-order valence-electron chi connectivity index (χ3n) is 5.49. The van der Waals surface area contributed by atoms with Gasteiger partial charge in [0.25, 0.3) is 0 Å². The monoisotopic (exact) mass is 393 g/mol. The Kier molecular flexibility index (Phi) is 4.96. The Bertz CT molecular complexity index is 1050. The van der Waals surface area contributed by atoms with Crippen molar-refractivity contribution in [3.63, 3.8) is 0 Å². The lowest BCUT2D eigenvalue weighted by Crippen LogP contribution is -2.43. The number of aromatic nitrogens is 2. The van der Waals surface area contributed by atoms with E-state index in [0.29, 0.717) is 23.4 Å². The van der Waals surface area contributed by atoms with Crippen LogP contribution in [-0.4, -0.2) is 40.6 Å². The van der Waals surface area contributed by atoms with Crippen LogP contribution in [0.25, 0.3) is 11.0 Å². The number of benzene rings is 2. The number of carbonyl (C=O) groups excluding carboxylic acids is 2. The topological polar surface area (TPSA) is 84.5 Å². The number of nitrogens with zero attached hydrogens (tertiary/aromatic N) is 2. The number of H-pyrrole nitrogens is 1. The number of rotatable bonds is 4. The maximum absolute atomic E-state index is 12.8. The summed E-state index contributed by atoms with van der Waals surface area (Å²) in [5.41, 5.74) is 1.97. The minimum absolute atomic E-state index is 0.221. The summed E-state index contributed by atoms with van der Waals surface area (Å²) in [7, 11) is 1.34. The molecule has 1 fully saturated rings. The molecule has 3 aromatic rings. The van der Waals surface area contributed by atoms with Crippen LogP contribution in [0.3, 0.4) is 0 Å². The molecule has 150 valence electrons. The average molecular weight is 393 g/mol. The molecule has 0 bridgehead atoms. The van der Waals surface area contributed by atoms with Gasteiger partial charge in [-0.05, 0) is 37.5 Å². The molecule has 1 amide bonds. The molecular weight excluding hydrogens is 370 g/mol. The third-order valence-corrected chi connectivity index (χ3v) is 5.49. The molecule has 1 atom stereocenters. The number of ether oxygens (including phenoxy) is 2. The van der Waals surface area contributed by atoms with Crippen LogP contribution in [0, 0.1) is 0 Å². The van der Waals surface area contributed by atoms with Crippen LogP contribution in [0.15, 0.2) is 48.5 Å². The van der Waals surface area contributed by atoms with Crippen LogP contribution in [0.5, 0.6) is 0 Å². The average Bonchev–Trinajstić information content (AvgIpc) is 3.36. The van der Waals surface area contributed by atoms with E-state index in [1.54, 1.807) is 17.0 Å². The van der Waals surface area contributed by atoms with E-state index in [9.17, 15) is 9.59 Å². The summed E-state index contributed by atoms with van der Waals surface area (Å²) in [5, 5.41) is 0. The largest absolute Gasteiger partial charge is 0.465 e. The van der Waals surface area contributed by atoms with E-state index in [1.165, 1.54) is 7.11 Å². The standard InChI is InChI=1S/C22H23N3O4/c1-22(20-23-17-11-6-10-16(18(17)24-20)19(26)28-2)12-7-13-25(22)21(27)29-14-15-8-4-3-5-9-15/h3-6,8-11H,7,12-14H2,1-2H3,(H,23,24)/t22-/m0/s1. The van der Waals surface area contributed by atoms with Crippen molar-refractivity contribution in [1.29, 1.82) is 0 Å². The molecule has 0 aliphatic carbocycles. The van der Waals surface area contributed by atoms with Crippen molar-refractivity contribution < 1.29 is 19.1 Å². The first-order valence-electron chi connectivity index (χ1n) is 9.59. The highest BCUT2D eigenvalue weighted by Gasteiger charge is 2.44. The van der Waals surface area contributed by atoms with Gasteiger partial charge in [-0.25, -0.2) is 14.6 Å². The van der Waals surface area contributed by atoms with E-state index >= 15 is 0 Å². The van der Waals surface area contributed by atoms with E-state index in [0.717, 1.165) is 23.9 Å². The second-order valence-electron chi connectivity index (χ2n) is 7.35. The van der Waals surface area contributed by atoms with Gasteiger partial charge in [0.05, 0.1) is 18.2 Å². The molecule has 29 heavy (non-hydrogen) atoms. The summed E-state index contributed by atoms with van der Waals surface area (Å²) in [5.74, 6) is 0.197. The van der Waals surface area contributed by atoms with Crippen molar-refractivity contribution in [3.05, 3.63) is 65.5 Å². The number of esters is 1. The summed E-state index contributed by atoms with van der Waals surface area (Å²) in [6, 6.07) is 14.9. The number of aromatic amines is 1. The number of amides is 1. The normalized spacial score (nSPS) is 18.8. The molecule has 0 radical (unpaired) electrons. The second-order valence-corrected chi connectivity index (χ2v) is 7.35. The first-order chi connectivity index (χ1) is 14.0. The minimum Gasteiger partial charge on any atom is -0.465 e. The molecule has 2 aromatic carbocycles. The van der Waals surface area contributed by atoms with Crippen LogP contribution >= 0.6 is 0 Å². The van der Waals surface area contributed by atoms with Gasteiger partial charge in [-0.1, -0.05) is 36.4 Å². The number of para-hydroxylation sites is 1. The summed E-state index contributed by atoms with van der Waals surface area (Å²) >= 11 is 0. The lowest BCUT2D eigenvalue weighted by molar-refractivity contribution is 0.0601. The van der Waals surface area contributed by atoms with Gasteiger partial charge in [0.2, 0.25) is 0 Å². The Morgan fingerprint density at radius 1 is 1.17 bits per heavy atom. The van der Waals surface area contributed by atoms with E-state index < -0.39 is 11.5 Å². The molecule has 0 saturated carbocycles. The molecule has 1 aromatic heterocycles. The van der Waals surface area contributed by atoms with Crippen LogP contribution in [-0.2, 0) is 21.6 Å². The van der Waals surface area contributed by atoms with Gasteiger partial charge in [0.15, 0.2) is 0 Å². The highest BCUT2D eigenvalue weighted by Crippen LogP contribution is 2.38. The molecule has 1 saturated heterocycles. The number of nitrogens with one attached hydrogen (secondary N) is 1. The van der Waals surface area contributed by atoms with Gasteiger partial charge in [-0.15, -0.1) is 0 Å². The number of likely N-dealkylation sites (tertiary alicyclic amines) is 1. The van der Waals surface area contributed by atoms with Gasteiger partial charge in [0.1, 0.15) is 23.5 Å². The number of fused-ring (bicyclic) bond motifs is 1. The number of methoxy groups -OCH3 is 1. The van der Waals surface area contributed by atoms with Crippen molar-refractivity contribution in [1.82, 2.24) is 14.9 Å². The smallest absolute Gasteiger partial charge is 0.410 e. The van der Waals surface area contributed by atoms with Crippen LogP contribution in [0.2, 0.25) is 0 Å². The van der Waals surface area contributed by atoms with E-state index in [-0.39, 0.29) is 12.7 Å². The predicted octanol–water partition coefficient (Wildman–Crippen LogP) is 4.00. The molecule has 0 spiro atoms. The van der Waals surface area contributed by atoms with Gasteiger partial charge < -0.3 is 14.5 Å². The summed E-state index contributed by atoms with van der Waals surface area (Å²) < 4.78 is 10.4. The predicted molar refractivity (Wildman–Crippen MR) is 107 cm³/mol. The zero-order valence-corrected chi connectivity index (χ0v) is 16.5. The van der Waals surface area contributed by atoms with E-state index in [1.807, 2.05) is 43.3 Å². The lowest BCUT2D eigenvalue weighted by Gasteiger charge is -2.32. The fraction of sp³-hybridized carbons (Fsp3) is 0.318. The number of carbonyl (C=O) groups is 2. The Hall–Kier alpha value is -3.35. The number of hydrogen-bond acceptors (Lipinski definition) is 5. The molecule has 4 rings (SSSR count). The maximum Gasteiger partial charge on any atom is 0.410 e. The third kappa shape index (κ3) is 3.44. The summed E-state index contributed by atoms with van der Waals surface area (Å²) in [6.45, 7) is 2.78. The minimum atomic E-state index is -0.639. The fourth-order valence-electron chi connectivity index (χ4n) is 3.86. The lowest BCUT2D eigenvalue weighted by atomic mass is 9.98. The zero-order valence-electron chi connectivity index (χ0n) is 16.5. The zero-order chi connectivity index (χ0) is 20.4. The van der Waals surface area contributed by atoms with Crippen molar-refractivity contribution in [3.8, 4) is 0 Å². The Morgan fingerprint density at radius 3 is 2.72 bits per heavy atom. The summed E-state index contributed by atoms with van der Waals surface area (Å²) in [6.07, 6.45) is 1.22. The van der Waals surface area contributed by atoms with Gasteiger partial charge in [-0.3, -0.25) is 4.90 Å². The quantitative estimate of drug-likeness (QED) is 0.678. The van der Waals surface area contributed by atoms with Crippen molar-refractivity contribution in [2.75, 3.05) is 13.7 Å². The van der Waals surface area contributed by atoms with Crippen molar-refractivity contribution in [2.24, 2.45) is 0 Å². The molecule has 1 aliphatic heterocycles. The Labute approximate surface area is 168 Å². The van der Waals surface area contributed by atoms with E-state index in [4.69, 9.17) is 9.47 Å². The first kappa shape index (κ1) is 19.0. The second kappa shape index (κ2) is 7.58. The molecule has 0 unspecified atom stereocenters. The van der Waals surface area contributed by atoms with Crippen molar-refractivity contribution in [2.45, 2.75) is 31.9 Å². The molecular formula is C22H23N3O4. The van der Waals surface area contributed by atoms with E-state index in [2.05, 4.69) is 9.97 Å². The number of hydrogen-bond donors (Lipinski definition) is 1. The van der Waals surface area contributed by atoms with Gasteiger partial charge in [-0.2, -0.15) is 0 Å². The number of imidazole rings is 1. The molecule has 1 N–H and O–H groups in total. The Morgan fingerprint density at radius 2 is 1.97 bits per heavy atom. The SMILES string of the molecule is COC(=O)c1cccc2[nH]c([C@]3(C)CCCN3C(=O)OCc3ccccc3)nc12. The van der Waals surface area contributed by atoms with Crippen LogP contribution in [0.4, 0.5) is 4.79 Å². The first-order valence-corrected chi connectivity index (χ1v) is 9.59. The van der Waals surface area contributed by atoms with Crippen molar-refractivity contribution >= 4 is 23.1 Å². The summed E-state index contributed by atoms with van der Waals surface area (Å²) in [4.78, 5) is 34.6. The Balaban J connectivity index is 1.61. The van der Waals surface area contributed by atoms with Gasteiger partial charge in [0, 0.05) is 6.54 Å². The fourth-order valence-corrected chi connectivity index (χ4v) is 3.86. The molecule has 7 heteroatoms. The highest BCUT2D eigenvalue weighted by atomic mass is 16.6. The molecule has 1 aliphatic rings. The molecule has 7 nitrogen and oxygen atoms in total.